The summed E-state index contributed by atoms with van der Waals surface area (Å²) in [5, 5.41) is 23.0. The van der Waals surface area contributed by atoms with Crippen molar-refractivity contribution in [3.63, 3.8) is 0 Å². The average molecular weight is 536 g/mol. The fourth-order valence-corrected chi connectivity index (χ4v) is 4.50. The van der Waals surface area contributed by atoms with E-state index in [-0.39, 0.29) is 11.7 Å². The van der Waals surface area contributed by atoms with Crippen LogP contribution in [0.1, 0.15) is 24.5 Å². The smallest absolute Gasteiger partial charge is 0.387 e. The molecule has 3 saturated heterocycles. The Morgan fingerprint density at radius 1 is 1.14 bits per heavy atom. The van der Waals surface area contributed by atoms with Gasteiger partial charge in [-0.2, -0.15) is 16.8 Å². The maximum absolute atomic E-state index is 11.3. The topological polar surface area (TPSA) is 229 Å². The molecule has 0 amide bonds. The maximum atomic E-state index is 11.3. The lowest BCUT2D eigenvalue weighted by Crippen LogP contribution is -2.54. The molecule has 16 heteroatoms. The summed E-state index contributed by atoms with van der Waals surface area (Å²) in [5.74, 6) is 1.05. The maximum Gasteiger partial charge on any atom is 0.394 e. The fraction of sp³-hybridized carbons (Fsp3) is 0.421. The highest BCUT2D eigenvalue weighted by Gasteiger charge is 2.42. The van der Waals surface area contributed by atoms with Crippen LogP contribution in [0.5, 0.6) is 0 Å². The predicted octanol–water partition coefficient (Wildman–Crippen LogP) is 1.77. The highest BCUT2D eigenvalue weighted by molar-refractivity contribution is 7.80. The molecule has 3 fully saturated rings. The van der Waals surface area contributed by atoms with E-state index < -0.39 is 31.8 Å². The van der Waals surface area contributed by atoms with E-state index in [0.29, 0.717) is 22.7 Å². The molecule has 194 valence electrons. The molecule has 5 atom stereocenters. The van der Waals surface area contributed by atoms with Crippen molar-refractivity contribution in [2.45, 2.75) is 25.0 Å². The first-order valence-corrected chi connectivity index (χ1v) is 12.9. The summed E-state index contributed by atoms with van der Waals surface area (Å²) in [7, 11) is -9.33. The lowest BCUT2D eigenvalue weighted by atomic mass is 9.73. The summed E-state index contributed by atoms with van der Waals surface area (Å²) < 4.78 is 63.2. The van der Waals surface area contributed by atoms with Crippen molar-refractivity contribution < 1.29 is 45.1 Å². The van der Waals surface area contributed by atoms with Gasteiger partial charge in [0, 0.05) is 30.2 Å². The third-order valence-corrected chi connectivity index (χ3v) is 5.82. The summed E-state index contributed by atoms with van der Waals surface area (Å²) in [5.41, 5.74) is 1.04. The van der Waals surface area contributed by atoms with E-state index in [1.807, 2.05) is 6.08 Å². The zero-order valence-electron chi connectivity index (χ0n) is 18.2. The Balaban J connectivity index is 0.000000368. The first kappa shape index (κ1) is 28.7. The number of non-ortho nitro benzene ring substituents is 1. The number of piperidine rings is 3. The predicted molar refractivity (Wildman–Crippen MR) is 123 cm³/mol. The van der Waals surface area contributed by atoms with Crippen LogP contribution in [0.3, 0.4) is 0 Å². The molecule has 4 heterocycles. The molecule has 2 aromatic rings. The van der Waals surface area contributed by atoms with Crippen LogP contribution in [0.15, 0.2) is 43.1 Å². The third kappa shape index (κ3) is 8.55. The number of aromatic nitrogens is 1. The van der Waals surface area contributed by atoms with Crippen molar-refractivity contribution in [1.82, 2.24) is 9.88 Å². The van der Waals surface area contributed by atoms with Crippen molar-refractivity contribution in [1.29, 1.82) is 0 Å². The third-order valence-electron chi connectivity index (χ3n) is 5.82. The number of fused-ring (bicyclic) bond motifs is 4. The number of nitro benzene ring substituents is 1. The molecule has 2 bridgehead atoms. The van der Waals surface area contributed by atoms with Crippen LogP contribution in [0.2, 0.25) is 0 Å². The zero-order valence-corrected chi connectivity index (χ0v) is 19.8. The van der Waals surface area contributed by atoms with Gasteiger partial charge in [-0.1, -0.05) is 18.2 Å². The molecular weight excluding hydrogens is 510 g/mol. The van der Waals surface area contributed by atoms with Crippen molar-refractivity contribution in [2.75, 3.05) is 13.1 Å². The molecule has 3 aliphatic rings. The summed E-state index contributed by atoms with van der Waals surface area (Å²) in [6, 6.07) is 6.73. The summed E-state index contributed by atoms with van der Waals surface area (Å²) in [6.07, 6.45) is 4.97. The quantitative estimate of drug-likeness (QED) is 0.163. The number of hydrogen-bond donors (Lipinski definition) is 5. The highest BCUT2D eigenvalue weighted by Crippen LogP contribution is 2.42. The van der Waals surface area contributed by atoms with Crippen molar-refractivity contribution >= 4 is 37.4 Å². The van der Waals surface area contributed by atoms with Gasteiger partial charge in [0.15, 0.2) is 0 Å². The minimum Gasteiger partial charge on any atom is -0.387 e. The molecule has 5 unspecified atom stereocenters. The van der Waals surface area contributed by atoms with Crippen LogP contribution in [0.4, 0.5) is 5.69 Å². The first-order chi connectivity index (χ1) is 16.1. The van der Waals surface area contributed by atoms with E-state index in [4.69, 9.17) is 35.0 Å². The second-order valence-corrected chi connectivity index (χ2v) is 9.71. The molecule has 0 radical (unpaired) electrons. The van der Waals surface area contributed by atoms with Gasteiger partial charge >= 0.3 is 20.8 Å². The van der Waals surface area contributed by atoms with Gasteiger partial charge in [0.1, 0.15) is 5.52 Å². The molecule has 0 saturated carbocycles. The number of benzene rings is 1. The molecule has 3 aliphatic heterocycles. The number of pyridine rings is 1. The molecule has 14 nitrogen and oxygen atoms in total. The van der Waals surface area contributed by atoms with Crippen molar-refractivity contribution in [3.05, 3.63) is 58.8 Å². The van der Waals surface area contributed by atoms with Gasteiger partial charge in [-0.3, -0.25) is 33.2 Å². The van der Waals surface area contributed by atoms with Crippen molar-refractivity contribution in [2.24, 2.45) is 11.8 Å². The Morgan fingerprint density at radius 2 is 1.74 bits per heavy atom. The second-order valence-electron chi connectivity index (χ2n) is 7.92. The van der Waals surface area contributed by atoms with E-state index in [0.717, 1.165) is 31.5 Å². The number of nitro groups is 1. The molecular formula is C19H25N3O11S2. The van der Waals surface area contributed by atoms with Crippen LogP contribution >= 0.6 is 0 Å². The molecule has 1 aromatic carbocycles. The van der Waals surface area contributed by atoms with E-state index in [2.05, 4.69) is 16.5 Å². The number of aliphatic hydroxyl groups is 1. The molecule has 5 rings (SSSR count). The summed E-state index contributed by atoms with van der Waals surface area (Å²) >= 11 is 0. The Labute approximate surface area is 201 Å². The Kier molecular flexibility index (Phi) is 9.37. The van der Waals surface area contributed by atoms with Crippen molar-refractivity contribution in [3.8, 4) is 0 Å². The largest absolute Gasteiger partial charge is 0.394 e. The fourth-order valence-electron chi connectivity index (χ4n) is 4.50. The number of para-hydroxylation sites is 1. The number of aliphatic hydroxyl groups excluding tert-OH is 1. The Morgan fingerprint density at radius 3 is 2.23 bits per heavy atom. The lowest BCUT2D eigenvalue weighted by Gasteiger charge is -2.50. The first-order valence-electron chi connectivity index (χ1n) is 10.1. The van der Waals surface area contributed by atoms with E-state index in [1.165, 1.54) is 6.07 Å². The van der Waals surface area contributed by atoms with Crippen LogP contribution in [-0.4, -0.2) is 74.1 Å². The summed E-state index contributed by atoms with van der Waals surface area (Å²) in [4.78, 5) is 17.4. The summed E-state index contributed by atoms with van der Waals surface area (Å²) in [6.45, 7) is 5.85. The monoisotopic (exact) mass is 535 g/mol. The SMILES string of the molecule is C=CC1CN2CCC1CC2C(O)c1ccnc2c([N+](=O)[O-])cccc12.O=S(=O)(O)O.O=S(=O)(O)O. The van der Waals surface area contributed by atoms with Crippen LogP contribution in [0, 0.1) is 22.0 Å². The van der Waals surface area contributed by atoms with Crippen LogP contribution in [0.25, 0.3) is 10.9 Å². The normalized spacial score (nSPS) is 24.4. The average Bonchev–Trinajstić information content (AvgIpc) is 2.75. The molecule has 5 N–H and O–H groups in total. The van der Waals surface area contributed by atoms with Crippen LogP contribution in [-0.2, 0) is 20.8 Å². The van der Waals surface area contributed by atoms with Crippen LogP contribution < -0.4 is 0 Å². The van der Waals surface area contributed by atoms with Gasteiger partial charge in [0.2, 0.25) is 0 Å². The number of hydrogen-bond acceptors (Lipinski definition) is 9. The van der Waals surface area contributed by atoms with E-state index in [9.17, 15) is 15.2 Å². The number of rotatable bonds is 4. The van der Waals surface area contributed by atoms with E-state index >= 15 is 0 Å². The van der Waals surface area contributed by atoms with Gasteiger partial charge < -0.3 is 5.11 Å². The molecule has 0 aliphatic carbocycles. The Bertz CT molecular complexity index is 1240. The molecule has 35 heavy (non-hydrogen) atoms. The number of nitrogens with zero attached hydrogens (tertiary/aromatic N) is 3. The lowest BCUT2D eigenvalue weighted by molar-refractivity contribution is -0.383. The Hall–Kier alpha value is -2.57. The standard InChI is InChI=1S/C19H21N3O3.2H2O4S/c1-2-12-11-21-9-7-13(12)10-17(21)19(23)15-6-8-20-18-14(15)4-3-5-16(18)22(24)25;2*1-5(2,3)4/h2-6,8,12-13,17,19,23H,1,7,9-11H2;2*(H2,1,2,3,4). The van der Waals surface area contributed by atoms with Gasteiger partial charge in [0.25, 0.3) is 5.69 Å². The highest BCUT2D eigenvalue weighted by atomic mass is 32.3. The van der Waals surface area contributed by atoms with Gasteiger partial charge in [0.05, 0.1) is 11.0 Å². The van der Waals surface area contributed by atoms with Gasteiger partial charge in [-0.25, -0.2) is 4.98 Å². The van der Waals surface area contributed by atoms with E-state index in [1.54, 1.807) is 24.4 Å². The second kappa shape index (κ2) is 11.4. The van der Waals surface area contributed by atoms with Gasteiger partial charge in [-0.15, -0.1) is 6.58 Å². The van der Waals surface area contributed by atoms with Gasteiger partial charge in [-0.05, 0) is 42.9 Å². The molecule has 1 aromatic heterocycles. The molecule has 0 spiro atoms. The minimum absolute atomic E-state index is 0.0243. The zero-order chi connectivity index (χ0) is 26.6. The minimum atomic E-state index is -4.67.